The predicted octanol–water partition coefficient (Wildman–Crippen LogP) is 3.77. The number of nitrogens with one attached hydrogen (secondary N) is 1. The minimum absolute atomic E-state index is 0.144. The summed E-state index contributed by atoms with van der Waals surface area (Å²) < 4.78 is 27.6. The van der Waals surface area contributed by atoms with Crippen molar-refractivity contribution in [3.8, 4) is 0 Å². The molecule has 0 heterocycles. The Bertz CT molecular complexity index is 498. The fourth-order valence-corrected chi connectivity index (χ4v) is 3.54. The minimum atomic E-state index is -3.41. The third kappa shape index (κ3) is 5.79. The second kappa shape index (κ2) is 8.93. The highest BCUT2D eigenvalue weighted by atomic mass is 31.2. The summed E-state index contributed by atoms with van der Waals surface area (Å²) in [7, 11) is -0.806. The monoisotopic (exact) mass is 329 g/mol. The first-order valence-electron chi connectivity index (χ1n) is 7.09. The Morgan fingerprint density at radius 2 is 1.77 bits per heavy atom. The zero-order valence-electron chi connectivity index (χ0n) is 13.4. The van der Waals surface area contributed by atoms with E-state index >= 15 is 0 Å². The third-order valence-electron chi connectivity index (χ3n) is 3.08. The molecule has 1 N–H and O–H groups in total. The van der Waals surface area contributed by atoms with Crippen LogP contribution >= 0.6 is 7.60 Å². The summed E-state index contributed by atoms with van der Waals surface area (Å²) in [5, 5.41) is 2.59. The van der Waals surface area contributed by atoms with Gasteiger partial charge in [0.1, 0.15) is 12.4 Å². The van der Waals surface area contributed by atoms with Crippen molar-refractivity contribution in [2.75, 3.05) is 14.2 Å². The Kier molecular flexibility index (Phi) is 7.59. The van der Waals surface area contributed by atoms with Crippen LogP contribution in [-0.4, -0.2) is 26.1 Å². The van der Waals surface area contributed by atoms with Crippen LogP contribution in [0.1, 0.15) is 25.8 Å². The molecule has 0 aromatic heterocycles. The Balaban J connectivity index is 2.64. The van der Waals surface area contributed by atoms with E-state index in [2.05, 4.69) is 5.32 Å². The van der Waals surface area contributed by atoms with Crippen molar-refractivity contribution in [3.63, 3.8) is 0 Å². The van der Waals surface area contributed by atoms with E-state index in [0.717, 1.165) is 5.56 Å². The maximum absolute atomic E-state index is 12.5. The highest BCUT2D eigenvalue weighted by Gasteiger charge is 2.36. The fourth-order valence-electron chi connectivity index (χ4n) is 1.94. The van der Waals surface area contributed by atoms with Crippen molar-refractivity contribution in [2.45, 2.75) is 32.7 Å². The van der Waals surface area contributed by atoms with Crippen LogP contribution in [0.25, 0.3) is 0 Å². The van der Waals surface area contributed by atoms with Gasteiger partial charge in [-0.15, -0.1) is 0 Å². The van der Waals surface area contributed by atoms with E-state index in [-0.39, 0.29) is 12.5 Å². The number of alkyl carbamates (subject to hydrolysis) is 1. The van der Waals surface area contributed by atoms with Crippen LogP contribution in [0.4, 0.5) is 4.79 Å². The lowest BCUT2D eigenvalue weighted by atomic mass is 10.1. The Morgan fingerprint density at radius 1 is 1.18 bits per heavy atom. The molecule has 6 nitrogen and oxygen atoms in total. The molecular weight excluding hydrogens is 305 g/mol. The second-order valence-electron chi connectivity index (χ2n) is 5.26. The van der Waals surface area contributed by atoms with E-state index < -0.39 is 19.5 Å². The molecule has 1 aromatic rings. The van der Waals surface area contributed by atoms with Crippen molar-refractivity contribution < 1.29 is 23.1 Å². The number of hydrogen-bond donors (Lipinski definition) is 1. The van der Waals surface area contributed by atoms with Gasteiger partial charge in [0.2, 0.25) is 0 Å². The largest absolute Gasteiger partial charge is 0.445 e. The SMILES string of the molecule is COP(=O)(OC)C(CC(C)C)NC(=O)OCc1ccccc1. The van der Waals surface area contributed by atoms with Crippen molar-refractivity contribution in [1.29, 1.82) is 0 Å². The Morgan fingerprint density at radius 3 is 2.27 bits per heavy atom. The summed E-state index contributed by atoms with van der Waals surface area (Å²) in [6.07, 6.45) is -0.192. The smallest absolute Gasteiger partial charge is 0.408 e. The molecule has 1 rings (SSSR count). The zero-order chi connectivity index (χ0) is 16.6. The molecule has 7 heteroatoms. The number of rotatable bonds is 8. The number of ether oxygens (including phenoxy) is 1. The second-order valence-corrected chi connectivity index (χ2v) is 7.69. The quantitative estimate of drug-likeness (QED) is 0.735. The summed E-state index contributed by atoms with van der Waals surface area (Å²) in [5.74, 6) is -0.538. The summed E-state index contributed by atoms with van der Waals surface area (Å²) in [5.41, 5.74) is 0.875. The first kappa shape index (κ1) is 18.7. The molecule has 124 valence electrons. The summed E-state index contributed by atoms with van der Waals surface area (Å²) in [6.45, 7) is 4.06. The predicted molar refractivity (Wildman–Crippen MR) is 84.6 cm³/mol. The standard InChI is InChI=1S/C15H24NO5P/c1-12(2)10-14(22(18,19-3)20-4)16-15(17)21-11-13-8-6-5-7-9-13/h5-9,12,14H,10-11H2,1-4H3,(H,16,17). The summed E-state index contributed by atoms with van der Waals surface area (Å²) in [6, 6.07) is 9.32. The van der Waals surface area contributed by atoms with Gasteiger partial charge < -0.3 is 19.1 Å². The van der Waals surface area contributed by atoms with Crippen molar-refractivity contribution in [3.05, 3.63) is 35.9 Å². The molecule has 0 aliphatic carbocycles. The van der Waals surface area contributed by atoms with Crippen LogP contribution in [0, 0.1) is 5.92 Å². The average Bonchev–Trinajstić information content (AvgIpc) is 2.52. The normalized spacial score (nSPS) is 13.0. The van der Waals surface area contributed by atoms with Gasteiger partial charge in [0.25, 0.3) is 0 Å². The first-order valence-corrected chi connectivity index (χ1v) is 8.71. The molecule has 0 bridgehead atoms. The van der Waals surface area contributed by atoms with E-state index in [9.17, 15) is 9.36 Å². The van der Waals surface area contributed by atoms with Gasteiger partial charge in [-0.2, -0.15) is 0 Å². The van der Waals surface area contributed by atoms with Crippen molar-refractivity contribution >= 4 is 13.7 Å². The van der Waals surface area contributed by atoms with Gasteiger partial charge in [-0.1, -0.05) is 44.2 Å². The first-order chi connectivity index (χ1) is 10.4. The molecule has 0 fully saturated rings. The molecule has 0 saturated heterocycles. The van der Waals surface area contributed by atoms with Gasteiger partial charge in [0.05, 0.1) is 0 Å². The lowest BCUT2D eigenvalue weighted by molar-refractivity contribution is 0.135. The van der Waals surface area contributed by atoms with E-state index in [4.69, 9.17) is 13.8 Å². The van der Waals surface area contributed by atoms with Crippen LogP contribution in [-0.2, 0) is 25.0 Å². The number of carbonyl (C=O) groups excluding carboxylic acids is 1. The molecule has 1 atom stereocenters. The van der Waals surface area contributed by atoms with Crippen LogP contribution in [0.2, 0.25) is 0 Å². The average molecular weight is 329 g/mol. The number of amides is 1. The van der Waals surface area contributed by atoms with E-state index in [0.29, 0.717) is 6.42 Å². The molecule has 0 saturated carbocycles. The van der Waals surface area contributed by atoms with Gasteiger partial charge in [-0.3, -0.25) is 4.57 Å². The molecule has 22 heavy (non-hydrogen) atoms. The van der Waals surface area contributed by atoms with Gasteiger partial charge in [0.15, 0.2) is 0 Å². The van der Waals surface area contributed by atoms with Crippen molar-refractivity contribution in [1.82, 2.24) is 5.32 Å². The Hall–Kier alpha value is -1.36. The molecule has 1 unspecified atom stereocenters. The van der Waals surface area contributed by atoms with Crippen LogP contribution < -0.4 is 5.32 Å². The van der Waals surface area contributed by atoms with Crippen LogP contribution in [0.3, 0.4) is 0 Å². The number of carbonyl (C=O) groups is 1. The van der Waals surface area contributed by atoms with E-state index in [1.807, 2.05) is 44.2 Å². The maximum atomic E-state index is 12.5. The van der Waals surface area contributed by atoms with Gasteiger partial charge in [-0.05, 0) is 17.9 Å². The topological polar surface area (TPSA) is 73.9 Å². The molecule has 1 aromatic carbocycles. The molecule has 0 spiro atoms. The van der Waals surface area contributed by atoms with Gasteiger partial charge >= 0.3 is 13.7 Å². The van der Waals surface area contributed by atoms with Crippen molar-refractivity contribution in [2.24, 2.45) is 5.92 Å². The molecule has 0 radical (unpaired) electrons. The van der Waals surface area contributed by atoms with E-state index in [1.165, 1.54) is 14.2 Å². The van der Waals surface area contributed by atoms with Gasteiger partial charge in [-0.25, -0.2) is 4.79 Å². The van der Waals surface area contributed by atoms with Gasteiger partial charge in [0, 0.05) is 14.2 Å². The summed E-state index contributed by atoms with van der Waals surface area (Å²) in [4.78, 5) is 11.9. The molecule has 0 aliphatic heterocycles. The minimum Gasteiger partial charge on any atom is -0.445 e. The lowest BCUT2D eigenvalue weighted by Gasteiger charge is -2.26. The number of hydrogen-bond acceptors (Lipinski definition) is 5. The highest BCUT2D eigenvalue weighted by molar-refractivity contribution is 7.54. The fraction of sp³-hybridized carbons (Fsp3) is 0.533. The lowest BCUT2D eigenvalue weighted by Crippen LogP contribution is -2.36. The van der Waals surface area contributed by atoms with E-state index in [1.54, 1.807) is 0 Å². The molecule has 0 aliphatic rings. The van der Waals surface area contributed by atoms with Crippen LogP contribution in [0.5, 0.6) is 0 Å². The van der Waals surface area contributed by atoms with Crippen LogP contribution in [0.15, 0.2) is 30.3 Å². The zero-order valence-corrected chi connectivity index (χ0v) is 14.3. The number of benzene rings is 1. The maximum Gasteiger partial charge on any atom is 0.408 e. The summed E-state index contributed by atoms with van der Waals surface area (Å²) >= 11 is 0. The Labute approximate surface area is 131 Å². The molecule has 1 amide bonds. The highest BCUT2D eigenvalue weighted by Crippen LogP contribution is 2.52. The third-order valence-corrected chi connectivity index (χ3v) is 5.20. The molecular formula is C15H24NO5P.